The molecule has 23 heavy (non-hydrogen) atoms. The minimum atomic E-state index is -0.894. The highest BCUT2D eigenvalue weighted by Crippen LogP contribution is 2.43. The van der Waals surface area contributed by atoms with E-state index in [1.807, 2.05) is 0 Å². The van der Waals surface area contributed by atoms with Gasteiger partial charge in [-0.15, -0.1) is 0 Å². The Hall–Kier alpha value is -1.76. The molecule has 0 saturated heterocycles. The van der Waals surface area contributed by atoms with Gasteiger partial charge < -0.3 is 15.5 Å². The van der Waals surface area contributed by atoms with E-state index >= 15 is 0 Å². The summed E-state index contributed by atoms with van der Waals surface area (Å²) in [5, 5.41) is 33.9. The fourth-order valence-electron chi connectivity index (χ4n) is 3.73. The van der Waals surface area contributed by atoms with Crippen LogP contribution in [0.3, 0.4) is 0 Å². The third-order valence-electron chi connectivity index (χ3n) is 5.08. The van der Waals surface area contributed by atoms with Gasteiger partial charge in [-0.3, -0.25) is 10.1 Å². The highest BCUT2D eigenvalue weighted by molar-refractivity contribution is 5.34. The van der Waals surface area contributed by atoms with Crippen molar-refractivity contribution >= 4 is 5.69 Å². The Morgan fingerprint density at radius 1 is 1.26 bits per heavy atom. The van der Waals surface area contributed by atoms with Crippen LogP contribution < -0.4 is 5.32 Å². The molecule has 1 aromatic carbocycles. The van der Waals surface area contributed by atoms with E-state index in [1.54, 1.807) is 0 Å². The molecule has 2 bridgehead atoms. The van der Waals surface area contributed by atoms with Crippen molar-refractivity contribution in [2.75, 3.05) is 13.2 Å². The molecule has 6 heteroatoms. The highest BCUT2D eigenvalue weighted by Gasteiger charge is 2.35. The number of nitrogens with one attached hydrogen (secondary N) is 1. The molecule has 0 heterocycles. The SMILES string of the molecule is O=[N+]([O-])c1ccc([C@H](O)[C@@H](CO)NC[C@H]2C[C@H]3C=C[C@H]2C3)cc1. The monoisotopic (exact) mass is 318 g/mol. The molecule has 0 aromatic heterocycles. The van der Waals surface area contributed by atoms with Gasteiger partial charge in [-0.05, 0) is 54.8 Å². The van der Waals surface area contributed by atoms with Gasteiger partial charge in [-0.2, -0.15) is 0 Å². The Balaban J connectivity index is 1.58. The van der Waals surface area contributed by atoms with Gasteiger partial charge in [-0.1, -0.05) is 12.2 Å². The van der Waals surface area contributed by atoms with Crippen LogP contribution in [0, 0.1) is 27.9 Å². The van der Waals surface area contributed by atoms with Gasteiger partial charge in [0.05, 0.1) is 23.7 Å². The predicted molar refractivity (Wildman–Crippen MR) is 85.8 cm³/mol. The predicted octanol–water partition coefficient (Wildman–Crippen LogP) is 1.79. The third kappa shape index (κ3) is 3.44. The van der Waals surface area contributed by atoms with Crippen molar-refractivity contribution in [3.8, 4) is 0 Å². The van der Waals surface area contributed by atoms with E-state index < -0.39 is 17.1 Å². The topological polar surface area (TPSA) is 95.6 Å². The Bertz CT molecular complexity index is 587. The Morgan fingerprint density at radius 3 is 2.52 bits per heavy atom. The molecule has 5 atom stereocenters. The highest BCUT2D eigenvalue weighted by atomic mass is 16.6. The van der Waals surface area contributed by atoms with E-state index in [0.717, 1.165) is 6.54 Å². The zero-order chi connectivity index (χ0) is 16.4. The number of hydrogen-bond acceptors (Lipinski definition) is 5. The van der Waals surface area contributed by atoms with Gasteiger partial charge in [0.25, 0.3) is 5.69 Å². The minimum Gasteiger partial charge on any atom is -0.395 e. The second-order valence-electron chi connectivity index (χ2n) is 6.53. The lowest BCUT2D eigenvalue weighted by molar-refractivity contribution is -0.384. The lowest BCUT2D eigenvalue weighted by atomic mass is 9.93. The summed E-state index contributed by atoms with van der Waals surface area (Å²) in [6, 6.07) is 5.34. The molecule has 124 valence electrons. The first-order valence-corrected chi connectivity index (χ1v) is 8.03. The van der Waals surface area contributed by atoms with Crippen molar-refractivity contribution in [3.63, 3.8) is 0 Å². The number of allylic oxidation sites excluding steroid dienone is 2. The van der Waals surface area contributed by atoms with Crippen LogP contribution in [0.15, 0.2) is 36.4 Å². The first-order chi connectivity index (χ1) is 11.1. The maximum atomic E-state index is 10.7. The van der Waals surface area contributed by atoms with Gasteiger partial charge in [0.1, 0.15) is 0 Å². The van der Waals surface area contributed by atoms with Gasteiger partial charge >= 0.3 is 0 Å². The van der Waals surface area contributed by atoms with Crippen LogP contribution >= 0.6 is 0 Å². The summed E-state index contributed by atoms with van der Waals surface area (Å²) in [7, 11) is 0. The average Bonchev–Trinajstić information content (AvgIpc) is 3.18. The third-order valence-corrected chi connectivity index (χ3v) is 5.08. The lowest BCUT2D eigenvalue weighted by Gasteiger charge is -2.26. The van der Waals surface area contributed by atoms with E-state index in [2.05, 4.69) is 17.5 Å². The molecular weight excluding hydrogens is 296 g/mol. The number of nitro benzene ring substituents is 1. The molecule has 3 N–H and O–H groups in total. The summed E-state index contributed by atoms with van der Waals surface area (Å²) in [6.45, 7) is 0.579. The molecule has 1 saturated carbocycles. The second-order valence-corrected chi connectivity index (χ2v) is 6.53. The lowest BCUT2D eigenvalue weighted by Crippen LogP contribution is -2.41. The molecule has 1 aromatic rings. The number of benzene rings is 1. The maximum absolute atomic E-state index is 10.7. The molecular formula is C17H22N2O4. The normalized spacial score (nSPS) is 28.0. The van der Waals surface area contributed by atoms with Crippen LogP contribution in [0.25, 0.3) is 0 Å². The summed E-state index contributed by atoms with van der Waals surface area (Å²) < 4.78 is 0. The fraction of sp³-hybridized carbons (Fsp3) is 0.529. The van der Waals surface area contributed by atoms with E-state index in [1.165, 1.54) is 37.1 Å². The molecule has 0 radical (unpaired) electrons. The number of nitrogens with zero attached hydrogens (tertiary/aromatic N) is 1. The quantitative estimate of drug-likeness (QED) is 0.405. The summed E-state index contributed by atoms with van der Waals surface area (Å²) >= 11 is 0. The van der Waals surface area contributed by atoms with Crippen LogP contribution in [-0.4, -0.2) is 34.3 Å². The molecule has 0 aliphatic heterocycles. The van der Waals surface area contributed by atoms with E-state index in [4.69, 9.17) is 0 Å². The van der Waals surface area contributed by atoms with Crippen LogP contribution in [0.1, 0.15) is 24.5 Å². The summed E-state index contributed by atoms with van der Waals surface area (Å²) in [6.07, 6.45) is 6.06. The number of rotatable bonds is 7. The Morgan fingerprint density at radius 2 is 2.00 bits per heavy atom. The van der Waals surface area contributed by atoms with Gasteiger partial charge in [-0.25, -0.2) is 0 Å². The van der Waals surface area contributed by atoms with Gasteiger partial charge in [0.15, 0.2) is 0 Å². The number of nitro groups is 1. The maximum Gasteiger partial charge on any atom is 0.269 e. The standard InChI is InChI=1S/C17H22N2O4/c20-10-16(18-9-14-8-11-1-2-13(14)7-11)17(21)12-3-5-15(6-4-12)19(22)23/h1-6,11,13-14,16-18,20-21H,7-10H2/t11-,13-,14+,16+,17-/m0/s1. The number of aliphatic hydroxyl groups excluding tert-OH is 2. The molecule has 0 spiro atoms. The minimum absolute atomic E-state index is 0.0109. The Kier molecular flexibility index (Phi) is 4.75. The molecule has 3 rings (SSSR count). The van der Waals surface area contributed by atoms with E-state index in [-0.39, 0.29) is 12.3 Å². The summed E-state index contributed by atoms with van der Waals surface area (Å²) in [5.74, 6) is 1.87. The largest absolute Gasteiger partial charge is 0.395 e. The second kappa shape index (κ2) is 6.78. The van der Waals surface area contributed by atoms with E-state index in [9.17, 15) is 20.3 Å². The van der Waals surface area contributed by atoms with Crippen LogP contribution in [-0.2, 0) is 0 Å². The van der Waals surface area contributed by atoms with Crippen molar-refractivity contribution < 1.29 is 15.1 Å². The number of non-ortho nitro benzene ring substituents is 1. The van der Waals surface area contributed by atoms with Crippen LogP contribution in [0.5, 0.6) is 0 Å². The molecule has 0 amide bonds. The summed E-state index contributed by atoms with van der Waals surface area (Å²) in [5.41, 5.74) is 0.554. The van der Waals surface area contributed by atoms with Crippen molar-refractivity contribution in [3.05, 3.63) is 52.1 Å². The average molecular weight is 318 g/mol. The van der Waals surface area contributed by atoms with Gasteiger partial charge in [0.2, 0.25) is 0 Å². The Labute approximate surface area is 135 Å². The molecule has 1 fully saturated rings. The fourth-order valence-corrected chi connectivity index (χ4v) is 3.73. The first-order valence-electron chi connectivity index (χ1n) is 8.03. The van der Waals surface area contributed by atoms with E-state index in [0.29, 0.717) is 23.3 Å². The molecule has 2 aliphatic rings. The van der Waals surface area contributed by atoms with Crippen molar-refractivity contribution in [1.29, 1.82) is 0 Å². The number of aliphatic hydroxyl groups is 2. The smallest absolute Gasteiger partial charge is 0.269 e. The number of hydrogen-bond donors (Lipinski definition) is 3. The summed E-state index contributed by atoms with van der Waals surface area (Å²) in [4.78, 5) is 10.2. The van der Waals surface area contributed by atoms with Crippen LogP contribution in [0.4, 0.5) is 5.69 Å². The zero-order valence-corrected chi connectivity index (χ0v) is 12.8. The van der Waals surface area contributed by atoms with Gasteiger partial charge in [0, 0.05) is 12.1 Å². The number of fused-ring (bicyclic) bond motifs is 2. The molecule has 2 aliphatic carbocycles. The van der Waals surface area contributed by atoms with Crippen molar-refractivity contribution in [1.82, 2.24) is 5.32 Å². The zero-order valence-electron chi connectivity index (χ0n) is 12.8. The van der Waals surface area contributed by atoms with Crippen LogP contribution in [0.2, 0.25) is 0 Å². The van der Waals surface area contributed by atoms with Crippen molar-refractivity contribution in [2.24, 2.45) is 17.8 Å². The van der Waals surface area contributed by atoms with Crippen molar-refractivity contribution in [2.45, 2.75) is 25.0 Å². The molecule has 6 nitrogen and oxygen atoms in total. The molecule has 0 unspecified atom stereocenters. The first kappa shape index (κ1) is 16.1.